The van der Waals surface area contributed by atoms with E-state index in [1.54, 1.807) is 11.8 Å². The van der Waals surface area contributed by atoms with Crippen molar-refractivity contribution in [3.63, 3.8) is 0 Å². The first-order valence-electron chi connectivity index (χ1n) is 6.13. The SMILES string of the molecule is C=C1/C=c2/ccccc2=NCC2=C(C=C=CC=C2)S1. The summed E-state index contributed by atoms with van der Waals surface area (Å²) in [6, 6.07) is 8.17. The van der Waals surface area contributed by atoms with Crippen molar-refractivity contribution >= 4 is 17.8 Å². The predicted molar refractivity (Wildman–Crippen MR) is 82.1 cm³/mol. The van der Waals surface area contributed by atoms with E-state index < -0.39 is 0 Å². The van der Waals surface area contributed by atoms with Crippen LogP contribution in [0.3, 0.4) is 0 Å². The smallest absolute Gasteiger partial charge is 0.0658 e. The molecule has 0 bridgehead atoms. The van der Waals surface area contributed by atoms with Crippen LogP contribution in [0.15, 0.2) is 81.3 Å². The maximum Gasteiger partial charge on any atom is 0.0658 e. The zero-order valence-electron chi connectivity index (χ0n) is 10.5. The molecule has 2 aliphatic rings. The van der Waals surface area contributed by atoms with Crippen LogP contribution in [0.1, 0.15) is 0 Å². The molecule has 1 heterocycles. The lowest BCUT2D eigenvalue weighted by molar-refractivity contribution is 1.09. The topological polar surface area (TPSA) is 12.4 Å². The first-order valence-corrected chi connectivity index (χ1v) is 6.95. The molecular formula is C17H13NS. The van der Waals surface area contributed by atoms with Crippen LogP contribution in [-0.2, 0) is 0 Å². The third kappa shape index (κ3) is 2.70. The number of benzene rings is 1. The first kappa shape index (κ1) is 12.0. The number of allylic oxidation sites excluding steroid dienone is 3. The molecule has 0 spiro atoms. The van der Waals surface area contributed by atoms with Crippen molar-refractivity contribution in [3.8, 4) is 0 Å². The highest BCUT2D eigenvalue weighted by Crippen LogP contribution is 2.30. The average Bonchev–Trinajstić information content (AvgIpc) is 2.59. The van der Waals surface area contributed by atoms with Crippen molar-refractivity contribution < 1.29 is 0 Å². The minimum absolute atomic E-state index is 0.684. The largest absolute Gasteiger partial charge is 0.280 e. The van der Waals surface area contributed by atoms with Gasteiger partial charge in [-0.15, -0.1) is 5.73 Å². The molecule has 0 atom stereocenters. The summed E-state index contributed by atoms with van der Waals surface area (Å²) in [5.41, 5.74) is 4.35. The van der Waals surface area contributed by atoms with Crippen molar-refractivity contribution in [2.75, 3.05) is 6.54 Å². The summed E-state index contributed by atoms with van der Waals surface area (Å²) >= 11 is 1.68. The quantitative estimate of drug-likeness (QED) is 0.656. The molecule has 0 saturated heterocycles. The molecule has 0 amide bonds. The second kappa shape index (κ2) is 5.31. The van der Waals surface area contributed by atoms with Crippen LogP contribution in [0.25, 0.3) is 6.08 Å². The third-order valence-corrected chi connectivity index (χ3v) is 3.91. The van der Waals surface area contributed by atoms with Gasteiger partial charge in [-0.1, -0.05) is 48.7 Å². The molecule has 1 aliphatic heterocycles. The van der Waals surface area contributed by atoms with Gasteiger partial charge in [0.2, 0.25) is 0 Å². The van der Waals surface area contributed by atoms with E-state index in [1.807, 2.05) is 36.4 Å². The lowest BCUT2D eigenvalue weighted by Gasteiger charge is -2.04. The van der Waals surface area contributed by atoms with Crippen LogP contribution >= 0.6 is 11.8 Å². The second-order valence-electron chi connectivity index (χ2n) is 4.31. The minimum Gasteiger partial charge on any atom is -0.280 e. The van der Waals surface area contributed by atoms with Gasteiger partial charge in [-0.05, 0) is 29.9 Å². The second-order valence-corrected chi connectivity index (χ2v) is 5.48. The Labute approximate surface area is 116 Å². The molecule has 1 aliphatic carbocycles. The summed E-state index contributed by atoms with van der Waals surface area (Å²) in [5.74, 6) is 0. The number of para-hydroxylation sites is 1. The lowest BCUT2D eigenvalue weighted by Crippen LogP contribution is -2.24. The van der Waals surface area contributed by atoms with Crippen LogP contribution in [0.2, 0.25) is 0 Å². The molecule has 0 N–H and O–H groups in total. The molecule has 0 aromatic heterocycles. The molecule has 19 heavy (non-hydrogen) atoms. The number of fused-ring (bicyclic) bond motifs is 1. The molecule has 0 fully saturated rings. The number of thioether (sulfide) groups is 1. The van der Waals surface area contributed by atoms with E-state index in [0.29, 0.717) is 6.54 Å². The van der Waals surface area contributed by atoms with E-state index in [0.717, 1.165) is 15.5 Å². The predicted octanol–water partition coefficient (Wildman–Crippen LogP) is 2.88. The normalized spacial score (nSPS) is 19.2. The van der Waals surface area contributed by atoms with Crippen molar-refractivity contribution in [2.45, 2.75) is 0 Å². The molecule has 1 nitrogen and oxygen atoms in total. The van der Waals surface area contributed by atoms with Gasteiger partial charge in [-0.2, -0.15) is 0 Å². The van der Waals surface area contributed by atoms with E-state index in [2.05, 4.69) is 30.5 Å². The van der Waals surface area contributed by atoms with Gasteiger partial charge >= 0.3 is 0 Å². The summed E-state index contributed by atoms with van der Waals surface area (Å²) in [5, 5.41) is 2.15. The molecule has 92 valence electrons. The summed E-state index contributed by atoms with van der Waals surface area (Å²) < 4.78 is 0. The van der Waals surface area contributed by atoms with Gasteiger partial charge in [0.15, 0.2) is 0 Å². The Hall–Kier alpha value is -2.02. The fourth-order valence-corrected chi connectivity index (χ4v) is 2.87. The Balaban J connectivity index is 2.18. The van der Waals surface area contributed by atoms with Gasteiger partial charge < -0.3 is 0 Å². The molecule has 0 unspecified atom stereocenters. The van der Waals surface area contributed by atoms with Crippen LogP contribution in [0.4, 0.5) is 0 Å². The van der Waals surface area contributed by atoms with Crippen LogP contribution < -0.4 is 10.6 Å². The molecule has 0 saturated carbocycles. The molecule has 3 rings (SSSR count). The molecule has 1 aromatic rings. The molecule has 0 radical (unpaired) electrons. The summed E-state index contributed by atoms with van der Waals surface area (Å²) in [6.45, 7) is 4.81. The van der Waals surface area contributed by atoms with Gasteiger partial charge in [-0.3, -0.25) is 4.99 Å². The molecule has 2 heteroatoms. The monoisotopic (exact) mass is 263 g/mol. The summed E-state index contributed by atoms with van der Waals surface area (Å²) in [6.07, 6.45) is 10.1. The van der Waals surface area contributed by atoms with E-state index in [1.165, 1.54) is 10.5 Å². The highest BCUT2D eigenvalue weighted by Gasteiger charge is 2.06. The summed E-state index contributed by atoms with van der Waals surface area (Å²) in [7, 11) is 0. The lowest BCUT2D eigenvalue weighted by atomic mass is 10.2. The van der Waals surface area contributed by atoms with Crippen molar-refractivity contribution in [2.24, 2.45) is 4.99 Å². The molecule has 1 aromatic carbocycles. The van der Waals surface area contributed by atoms with Crippen LogP contribution in [0, 0.1) is 0 Å². The Morgan fingerprint density at radius 3 is 3.11 bits per heavy atom. The Morgan fingerprint density at radius 1 is 1.26 bits per heavy atom. The van der Waals surface area contributed by atoms with Crippen molar-refractivity contribution in [1.82, 2.24) is 0 Å². The summed E-state index contributed by atoms with van der Waals surface area (Å²) in [4.78, 5) is 6.90. The number of nitrogens with zero attached hydrogens (tertiary/aromatic N) is 1. The van der Waals surface area contributed by atoms with Gasteiger partial charge in [0, 0.05) is 15.0 Å². The highest BCUT2D eigenvalue weighted by molar-refractivity contribution is 8.07. The fourth-order valence-electron chi connectivity index (χ4n) is 2.01. The number of hydrogen-bond donors (Lipinski definition) is 0. The molecular weight excluding hydrogens is 250 g/mol. The van der Waals surface area contributed by atoms with Crippen LogP contribution in [0.5, 0.6) is 0 Å². The minimum atomic E-state index is 0.684. The van der Waals surface area contributed by atoms with Gasteiger partial charge in [0.05, 0.1) is 11.9 Å². The Bertz CT molecular complexity index is 772. The van der Waals surface area contributed by atoms with Gasteiger partial charge in [0.25, 0.3) is 0 Å². The van der Waals surface area contributed by atoms with Crippen molar-refractivity contribution in [1.29, 1.82) is 0 Å². The maximum atomic E-state index is 4.71. The zero-order chi connectivity index (χ0) is 13.1. The van der Waals surface area contributed by atoms with E-state index in [9.17, 15) is 0 Å². The Morgan fingerprint density at radius 2 is 2.16 bits per heavy atom. The van der Waals surface area contributed by atoms with Crippen molar-refractivity contribution in [3.05, 3.63) is 86.8 Å². The third-order valence-electron chi connectivity index (χ3n) is 2.93. The fraction of sp³-hybridized carbons (Fsp3) is 0.0588. The highest BCUT2D eigenvalue weighted by atomic mass is 32.2. The van der Waals surface area contributed by atoms with Crippen LogP contribution in [-0.4, -0.2) is 6.54 Å². The number of hydrogen-bond acceptors (Lipinski definition) is 2. The standard InChI is InChI=1S/C17H13NS/c1-13-11-14-7-5-6-9-16(14)18-12-15-8-3-2-4-10-17(15)19-13/h2-3,5-11H,1,12H2/b14-11-,18-16?. The average molecular weight is 263 g/mol. The van der Waals surface area contributed by atoms with E-state index >= 15 is 0 Å². The Kier molecular flexibility index (Phi) is 3.37. The van der Waals surface area contributed by atoms with E-state index in [-0.39, 0.29) is 0 Å². The van der Waals surface area contributed by atoms with Gasteiger partial charge in [0.1, 0.15) is 0 Å². The zero-order valence-corrected chi connectivity index (χ0v) is 11.3. The number of rotatable bonds is 0. The van der Waals surface area contributed by atoms with Gasteiger partial charge in [-0.25, -0.2) is 0 Å². The van der Waals surface area contributed by atoms with E-state index in [4.69, 9.17) is 4.99 Å². The maximum absolute atomic E-state index is 4.71. The first-order chi connectivity index (χ1) is 9.33.